The van der Waals surface area contributed by atoms with Gasteiger partial charge in [0.1, 0.15) is 0 Å². The fraction of sp³-hybridized carbons (Fsp3) is 0.643. The third-order valence-corrected chi connectivity index (χ3v) is 3.32. The number of rotatable bonds is 7. The highest BCUT2D eigenvalue weighted by Crippen LogP contribution is 2.28. The smallest absolute Gasteiger partial charge is 0.320 e. The highest BCUT2D eigenvalue weighted by molar-refractivity contribution is 5.71. The second-order valence-corrected chi connectivity index (χ2v) is 4.91. The SMILES string of the molecule is CCOC(=O)CN(Cc1cnc(OC)nc1C)C1CC1. The summed E-state index contributed by atoms with van der Waals surface area (Å²) in [5.74, 6) is -0.175. The van der Waals surface area contributed by atoms with Crippen molar-refractivity contribution in [3.8, 4) is 6.01 Å². The van der Waals surface area contributed by atoms with Gasteiger partial charge in [-0.1, -0.05) is 0 Å². The van der Waals surface area contributed by atoms with Crippen LogP contribution in [0.4, 0.5) is 0 Å². The Hall–Kier alpha value is -1.69. The number of hydrogen-bond donors (Lipinski definition) is 0. The lowest BCUT2D eigenvalue weighted by atomic mass is 10.2. The molecule has 0 atom stereocenters. The van der Waals surface area contributed by atoms with Gasteiger partial charge in [-0.15, -0.1) is 0 Å². The average molecular weight is 279 g/mol. The Morgan fingerprint density at radius 1 is 1.50 bits per heavy atom. The first-order chi connectivity index (χ1) is 9.63. The fourth-order valence-electron chi connectivity index (χ4n) is 2.07. The van der Waals surface area contributed by atoms with Crippen molar-refractivity contribution in [3.63, 3.8) is 0 Å². The molecule has 6 nitrogen and oxygen atoms in total. The predicted molar refractivity (Wildman–Crippen MR) is 73.4 cm³/mol. The standard InChI is InChI=1S/C14H21N3O3/c1-4-20-13(18)9-17(12-5-6-12)8-11-7-15-14(19-3)16-10(11)2/h7,12H,4-6,8-9H2,1-3H3. The minimum Gasteiger partial charge on any atom is -0.467 e. The lowest BCUT2D eigenvalue weighted by Crippen LogP contribution is -2.32. The van der Waals surface area contributed by atoms with Crippen LogP contribution in [0.3, 0.4) is 0 Å². The van der Waals surface area contributed by atoms with Gasteiger partial charge in [0.2, 0.25) is 0 Å². The molecule has 1 heterocycles. The Bertz CT molecular complexity index is 475. The second kappa shape index (κ2) is 6.65. The van der Waals surface area contributed by atoms with Gasteiger partial charge in [0, 0.05) is 30.0 Å². The van der Waals surface area contributed by atoms with Crippen molar-refractivity contribution in [2.24, 2.45) is 0 Å². The molecule has 0 unspecified atom stereocenters. The maximum absolute atomic E-state index is 11.6. The van der Waals surface area contributed by atoms with E-state index >= 15 is 0 Å². The molecule has 0 amide bonds. The number of carbonyl (C=O) groups is 1. The number of ether oxygens (including phenoxy) is 2. The fourth-order valence-corrected chi connectivity index (χ4v) is 2.07. The zero-order valence-electron chi connectivity index (χ0n) is 12.3. The summed E-state index contributed by atoms with van der Waals surface area (Å²) in [5, 5.41) is 0. The number of carbonyl (C=O) groups excluding carboxylic acids is 1. The molecule has 110 valence electrons. The molecule has 1 fully saturated rings. The van der Waals surface area contributed by atoms with Crippen LogP contribution in [-0.2, 0) is 16.1 Å². The van der Waals surface area contributed by atoms with Gasteiger partial charge in [-0.2, -0.15) is 0 Å². The van der Waals surface area contributed by atoms with Crippen LogP contribution < -0.4 is 4.74 Å². The maximum atomic E-state index is 11.6. The van der Waals surface area contributed by atoms with E-state index < -0.39 is 0 Å². The van der Waals surface area contributed by atoms with Crippen LogP contribution in [0.25, 0.3) is 0 Å². The molecule has 0 radical (unpaired) electrons. The molecule has 20 heavy (non-hydrogen) atoms. The average Bonchev–Trinajstić information content (AvgIpc) is 3.24. The van der Waals surface area contributed by atoms with Crippen molar-refractivity contribution in [2.75, 3.05) is 20.3 Å². The Labute approximate surface area is 119 Å². The summed E-state index contributed by atoms with van der Waals surface area (Å²) in [7, 11) is 1.55. The van der Waals surface area contributed by atoms with E-state index in [0.717, 1.165) is 24.1 Å². The van der Waals surface area contributed by atoms with Gasteiger partial charge in [0.25, 0.3) is 0 Å². The predicted octanol–water partition coefficient (Wildman–Crippen LogP) is 1.32. The van der Waals surface area contributed by atoms with E-state index in [4.69, 9.17) is 9.47 Å². The first-order valence-corrected chi connectivity index (χ1v) is 6.90. The van der Waals surface area contributed by atoms with Gasteiger partial charge in [-0.25, -0.2) is 9.97 Å². The van der Waals surface area contributed by atoms with Crippen molar-refractivity contribution in [1.29, 1.82) is 0 Å². The molecule has 1 aliphatic carbocycles. The molecule has 0 saturated heterocycles. The van der Waals surface area contributed by atoms with Crippen LogP contribution in [-0.4, -0.2) is 47.1 Å². The first kappa shape index (κ1) is 14.7. The highest BCUT2D eigenvalue weighted by atomic mass is 16.5. The minimum absolute atomic E-state index is 0.175. The lowest BCUT2D eigenvalue weighted by Gasteiger charge is -2.21. The minimum atomic E-state index is -0.175. The molecular formula is C14H21N3O3. The summed E-state index contributed by atoms with van der Waals surface area (Å²) in [6.07, 6.45) is 4.03. The Balaban J connectivity index is 2.02. The molecule has 0 spiro atoms. The first-order valence-electron chi connectivity index (χ1n) is 6.90. The van der Waals surface area contributed by atoms with Gasteiger partial charge >= 0.3 is 12.0 Å². The molecule has 1 aromatic rings. The zero-order valence-corrected chi connectivity index (χ0v) is 12.3. The van der Waals surface area contributed by atoms with Gasteiger partial charge in [-0.05, 0) is 26.7 Å². The van der Waals surface area contributed by atoms with Gasteiger partial charge in [0.15, 0.2) is 0 Å². The maximum Gasteiger partial charge on any atom is 0.320 e. The number of hydrogen-bond acceptors (Lipinski definition) is 6. The quantitative estimate of drug-likeness (QED) is 0.701. The lowest BCUT2D eigenvalue weighted by molar-refractivity contribution is -0.144. The third kappa shape index (κ3) is 3.90. The van der Waals surface area contributed by atoms with Gasteiger partial charge in [-0.3, -0.25) is 9.69 Å². The van der Waals surface area contributed by atoms with Crippen LogP contribution in [0.1, 0.15) is 31.0 Å². The molecule has 0 N–H and O–H groups in total. The number of nitrogens with zero attached hydrogens (tertiary/aromatic N) is 3. The Kier molecular flexibility index (Phi) is 4.89. The topological polar surface area (TPSA) is 64.5 Å². The molecule has 0 aromatic carbocycles. The summed E-state index contributed by atoms with van der Waals surface area (Å²) < 4.78 is 10.0. The molecular weight excluding hydrogens is 258 g/mol. The molecule has 0 aliphatic heterocycles. The molecule has 1 aliphatic rings. The van der Waals surface area contributed by atoms with E-state index in [-0.39, 0.29) is 5.97 Å². The molecule has 1 aromatic heterocycles. The Morgan fingerprint density at radius 3 is 2.80 bits per heavy atom. The second-order valence-electron chi connectivity index (χ2n) is 4.91. The number of methoxy groups -OCH3 is 1. The van der Waals surface area contributed by atoms with Crippen molar-refractivity contribution < 1.29 is 14.3 Å². The summed E-state index contributed by atoms with van der Waals surface area (Å²) in [5.41, 5.74) is 1.90. The number of esters is 1. The van der Waals surface area contributed by atoms with Crippen LogP contribution in [0.2, 0.25) is 0 Å². The van der Waals surface area contributed by atoms with E-state index in [1.807, 2.05) is 13.8 Å². The molecule has 6 heteroatoms. The van der Waals surface area contributed by atoms with Crippen LogP contribution in [0.15, 0.2) is 6.20 Å². The van der Waals surface area contributed by atoms with E-state index in [2.05, 4.69) is 14.9 Å². The van der Waals surface area contributed by atoms with Crippen LogP contribution >= 0.6 is 0 Å². The van der Waals surface area contributed by atoms with Crippen molar-refractivity contribution in [2.45, 2.75) is 39.3 Å². The molecule has 2 rings (SSSR count). The monoisotopic (exact) mass is 279 g/mol. The van der Waals surface area contributed by atoms with E-state index in [1.54, 1.807) is 13.3 Å². The van der Waals surface area contributed by atoms with E-state index in [9.17, 15) is 4.79 Å². The van der Waals surface area contributed by atoms with Crippen LogP contribution in [0, 0.1) is 6.92 Å². The van der Waals surface area contributed by atoms with Crippen molar-refractivity contribution in [3.05, 3.63) is 17.5 Å². The van der Waals surface area contributed by atoms with E-state index in [0.29, 0.717) is 31.7 Å². The molecule has 1 saturated carbocycles. The zero-order chi connectivity index (χ0) is 14.5. The summed E-state index contributed by atoms with van der Waals surface area (Å²) in [6, 6.07) is 0.843. The highest BCUT2D eigenvalue weighted by Gasteiger charge is 2.31. The van der Waals surface area contributed by atoms with E-state index in [1.165, 1.54) is 0 Å². The number of aryl methyl sites for hydroxylation is 1. The largest absolute Gasteiger partial charge is 0.467 e. The third-order valence-electron chi connectivity index (χ3n) is 3.32. The normalized spacial score (nSPS) is 14.4. The van der Waals surface area contributed by atoms with Crippen molar-refractivity contribution >= 4 is 5.97 Å². The summed E-state index contributed by atoms with van der Waals surface area (Å²) in [4.78, 5) is 22.2. The molecule has 0 bridgehead atoms. The van der Waals surface area contributed by atoms with Crippen LogP contribution in [0.5, 0.6) is 6.01 Å². The van der Waals surface area contributed by atoms with Gasteiger partial charge in [0.05, 0.1) is 20.3 Å². The number of aromatic nitrogens is 2. The van der Waals surface area contributed by atoms with Gasteiger partial charge < -0.3 is 9.47 Å². The van der Waals surface area contributed by atoms with Crippen molar-refractivity contribution in [1.82, 2.24) is 14.9 Å². The Morgan fingerprint density at radius 2 is 2.25 bits per heavy atom. The summed E-state index contributed by atoms with van der Waals surface area (Å²) >= 11 is 0. The summed E-state index contributed by atoms with van der Waals surface area (Å²) in [6.45, 7) is 5.15.